The van der Waals surface area contributed by atoms with Crippen LogP contribution in [0.25, 0.3) is 0 Å². The smallest absolute Gasteiger partial charge is 0.251 e. The molecule has 2 aromatic rings. The van der Waals surface area contributed by atoms with Crippen LogP contribution in [-0.2, 0) is 9.59 Å². The Kier molecular flexibility index (Phi) is 5.95. The maximum atomic E-state index is 13.0. The summed E-state index contributed by atoms with van der Waals surface area (Å²) in [4.78, 5) is 27.0. The second-order valence-corrected chi connectivity index (χ2v) is 7.95. The third kappa shape index (κ3) is 4.56. The molecule has 2 aliphatic heterocycles. The lowest BCUT2D eigenvalue weighted by atomic mass is 10.0. The van der Waals surface area contributed by atoms with Gasteiger partial charge in [0.05, 0.1) is 12.6 Å². The lowest BCUT2D eigenvalue weighted by molar-refractivity contribution is -0.137. The van der Waals surface area contributed by atoms with Crippen molar-refractivity contribution in [3.8, 4) is 5.75 Å². The standard InChI is InChI=1S/C24H28N4O3/c1-4-31-20-9-6-18(7-10-20)21-14-22-24(30)27(11-12-28(22)26-21)15-23(29)25-19-8-5-16(2)17(3)13-19/h5-13,21-22,26H,4,14-15H2,1-3H3,(H,25,29). The van der Waals surface area contributed by atoms with E-state index in [9.17, 15) is 9.59 Å². The third-order valence-electron chi connectivity index (χ3n) is 5.77. The predicted molar refractivity (Wildman–Crippen MR) is 119 cm³/mol. The van der Waals surface area contributed by atoms with E-state index in [0.29, 0.717) is 13.0 Å². The minimum Gasteiger partial charge on any atom is -0.494 e. The number of fused-ring (bicyclic) bond motifs is 1. The van der Waals surface area contributed by atoms with E-state index < -0.39 is 0 Å². The van der Waals surface area contributed by atoms with Gasteiger partial charge in [0, 0.05) is 18.1 Å². The number of benzene rings is 2. The molecule has 1 fully saturated rings. The number of rotatable bonds is 6. The normalized spacial score (nSPS) is 20.0. The number of ether oxygens (including phenoxy) is 1. The van der Waals surface area contributed by atoms with E-state index in [2.05, 4.69) is 10.7 Å². The van der Waals surface area contributed by atoms with Crippen LogP contribution in [0, 0.1) is 13.8 Å². The summed E-state index contributed by atoms with van der Waals surface area (Å²) in [5.74, 6) is 0.529. The minimum atomic E-state index is -0.337. The van der Waals surface area contributed by atoms with Crippen LogP contribution in [0.2, 0.25) is 0 Å². The summed E-state index contributed by atoms with van der Waals surface area (Å²) >= 11 is 0. The quantitative estimate of drug-likeness (QED) is 0.750. The number of amides is 2. The molecule has 0 spiro atoms. The van der Waals surface area contributed by atoms with Crippen LogP contribution >= 0.6 is 0 Å². The molecule has 162 valence electrons. The third-order valence-corrected chi connectivity index (χ3v) is 5.77. The van der Waals surface area contributed by atoms with Crippen LogP contribution in [0.1, 0.15) is 36.1 Å². The molecule has 0 aliphatic carbocycles. The number of anilines is 1. The Morgan fingerprint density at radius 2 is 1.90 bits per heavy atom. The fraction of sp³-hybridized carbons (Fsp3) is 0.333. The molecule has 2 atom stereocenters. The average Bonchev–Trinajstić information content (AvgIpc) is 3.19. The molecule has 7 nitrogen and oxygen atoms in total. The van der Waals surface area contributed by atoms with Gasteiger partial charge in [-0.15, -0.1) is 0 Å². The second kappa shape index (κ2) is 8.81. The van der Waals surface area contributed by atoms with Crippen molar-refractivity contribution in [3.63, 3.8) is 0 Å². The first-order valence-electron chi connectivity index (χ1n) is 10.6. The molecular weight excluding hydrogens is 392 g/mol. The van der Waals surface area contributed by atoms with E-state index in [-0.39, 0.29) is 30.4 Å². The summed E-state index contributed by atoms with van der Waals surface area (Å²) < 4.78 is 5.50. The van der Waals surface area contributed by atoms with Gasteiger partial charge in [-0.2, -0.15) is 0 Å². The number of hydrazine groups is 1. The first-order valence-corrected chi connectivity index (χ1v) is 10.6. The number of carbonyl (C=O) groups excluding carboxylic acids is 2. The van der Waals surface area contributed by atoms with Gasteiger partial charge in [-0.1, -0.05) is 18.2 Å². The van der Waals surface area contributed by atoms with Crippen molar-refractivity contribution in [2.75, 3.05) is 18.5 Å². The largest absolute Gasteiger partial charge is 0.494 e. The molecule has 0 bridgehead atoms. The second-order valence-electron chi connectivity index (χ2n) is 7.95. The van der Waals surface area contributed by atoms with Gasteiger partial charge in [-0.25, -0.2) is 5.43 Å². The highest BCUT2D eigenvalue weighted by molar-refractivity contribution is 5.96. The Labute approximate surface area is 182 Å². The Morgan fingerprint density at radius 1 is 1.13 bits per heavy atom. The molecular formula is C24H28N4O3. The monoisotopic (exact) mass is 420 g/mol. The summed E-state index contributed by atoms with van der Waals surface area (Å²) in [7, 11) is 0. The number of hydrogen-bond acceptors (Lipinski definition) is 5. The van der Waals surface area contributed by atoms with Crippen LogP contribution < -0.4 is 15.5 Å². The highest BCUT2D eigenvalue weighted by Gasteiger charge is 2.40. The van der Waals surface area contributed by atoms with Crippen molar-refractivity contribution in [2.24, 2.45) is 0 Å². The van der Waals surface area contributed by atoms with E-state index in [1.807, 2.05) is 74.4 Å². The maximum Gasteiger partial charge on any atom is 0.251 e. The van der Waals surface area contributed by atoms with Gasteiger partial charge in [0.2, 0.25) is 5.91 Å². The molecule has 2 amide bonds. The zero-order valence-corrected chi connectivity index (χ0v) is 18.1. The Morgan fingerprint density at radius 3 is 2.61 bits per heavy atom. The molecule has 2 N–H and O–H groups in total. The van der Waals surface area contributed by atoms with Crippen molar-refractivity contribution in [3.05, 3.63) is 71.6 Å². The van der Waals surface area contributed by atoms with Crippen molar-refractivity contribution in [2.45, 2.75) is 39.3 Å². The van der Waals surface area contributed by atoms with Gasteiger partial charge < -0.3 is 20.0 Å². The highest BCUT2D eigenvalue weighted by atomic mass is 16.5. The molecule has 2 aromatic carbocycles. The fourth-order valence-corrected chi connectivity index (χ4v) is 3.92. The molecule has 2 heterocycles. The average molecular weight is 421 g/mol. The van der Waals surface area contributed by atoms with Gasteiger partial charge in [-0.05, 0) is 68.1 Å². The van der Waals surface area contributed by atoms with Gasteiger partial charge in [-0.3, -0.25) is 9.59 Å². The zero-order valence-electron chi connectivity index (χ0n) is 18.1. The topological polar surface area (TPSA) is 73.9 Å². The molecule has 0 aromatic heterocycles. The van der Waals surface area contributed by atoms with Crippen molar-refractivity contribution < 1.29 is 14.3 Å². The van der Waals surface area contributed by atoms with E-state index in [4.69, 9.17) is 4.74 Å². The van der Waals surface area contributed by atoms with Gasteiger partial charge in [0.15, 0.2) is 0 Å². The molecule has 2 unspecified atom stereocenters. The van der Waals surface area contributed by atoms with Crippen molar-refractivity contribution in [1.82, 2.24) is 15.3 Å². The van der Waals surface area contributed by atoms with Crippen LogP contribution in [0.15, 0.2) is 54.9 Å². The summed E-state index contributed by atoms with van der Waals surface area (Å²) in [6, 6.07) is 13.4. The molecule has 7 heteroatoms. The number of hydrogen-bond donors (Lipinski definition) is 2. The van der Waals surface area contributed by atoms with E-state index in [1.165, 1.54) is 10.5 Å². The SMILES string of the molecule is CCOc1ccc(C2CC3C(=O)N(CC(=O)Nc4ccc(C)c(C)c4)C=CN3N2)cc1. The zero-order chi connectivity index (χ0) is 22.0. The van der Waals surface area contributed by atoms with Crippen molar-refractivity contribution >= 4 is 17.5 Å². The predicted octanol–water partition coefficient (Wildman–Crippen LogP) is 3.27. The van der Waals surface area contributed by atoms with Crippen molar-refractivity contribution in [1.29, 1.82) is 0 Å². The van der Waals surface area contributed by atoms with Crippen LogP contribution in [-0.4, -0.2) is 40.9 Å². The Hall–Kier alpha value is -3.32. The lowest BCUT2D eigenvalue weighted by Crippen LogP contribution is -2.49. The summed E-state index contributed by atoms with van der Waals surface area (Å²) in [6.45, 7) is 6.60. The first-order chi connectivity index (χ1) is 14.9. The number of aryl methyl sites for hydroxylation is 2. The summed E-state index contributed by atoms with van der Waals surface area (Å²) in [6.07, 6.45) is 4.11. The molecule has 0 radical (unpaired) electrons. The number of nitrogens with one attached hydrogen (secondary N) is 2. The van der Waals surface area contributed by atoms with E-state index in [1.54, 1.807) is 6.20 Å². The summed E-state index contributed by atoms with van der Waals surface area (Å²) in [5.41, 5.74) is 7.49. The highest BCUT2D eigenvalue weighted by Crippen LogP contribution is 2.31. The van der Waals surface area contributed by atoms with E-state index in [0.717, 1.165) is 22.6 Å². The number of nitrogens with zero attached hydrogens (tertiary/aromatic N) is 2. The fourth-order valence-electron chi connectivity index (χ4n) is 3.92. The molecule has 0 saturated carbocycles. The van der Waals surface area contributed by atoms with Crippen LogP contribution in [0.3, 0.4) is 0 Å². The Balaban J connectivity index is 1.37. The van der Waals surface area contributed by atoms with Gasteiger partial charge >= 0.3 is 0 Å². The molecule has 1 saturated heterocycles. The van der Waals surface area contributed by atoms with Crippen LogP contribution in [0.4, 0.5) is 5.69 Å². The first kappa shape index (κ1) is 20.9. The lowest BCUT2D eigenvalue weighted by Gasteiger charge is -2.31. The summed E-state index contributed by atoms with van der Waals surface area (Å²) in [5, 5.41) is 4.71. The maximum absolute atomic E-state index is 13.0. The minimum absolute atomic E-state index is 0.0136. The van der Waals surface area contributed by atoms with Crippen LogP contribution in [0.5, 0.6) is 5.75 Å². The van der Waals surface area contributed by atoms with E-state index >= 15 is 0 Å². The molecule has 2 aliphatic rings. The van der Waals surface area contributed by atoms with Gasteiger partial charge in [0.1, 0.15) is 18.3 Å². The Bertz CT molecular complexity index is 1000. The molecule has 4 rings (SSSR count). The number of carbonyl (C=O) groups is 2. The molecule has 31 heavy (non-hydrogen) atoms. The van der Waals surface area contributed by atoms with Gasteiger partial charge in [0.25, 0.3) is 5.91 Å².